The minimum atomic E-state index is 0.444. The molecule has 1 fully saturated rings. The zero-order valence-electron chi connectivity index (χ0n) is 13.3. The Balaban J connectivity index is 2.14. The normalized spacial score (nSPS) is 14.7. The molecule has 1 aromatic rings. The molecule has 1 saturated carbocycles. The summed E-state index contributed by atoms with van der Waals surface area (Å²) in [5.41, 5.74) is 7.85. The lowest BCUT2D eigenvalue weighted by Crippen LogP contribution is -2.28. The summed E-state index contributed by atoms with van der Waals surface area (Å²) in [6.07, 6.45) is 3.86. The summed E-state index contributed by atoms with van der Waals surface area (Å²) in [6.45, 7) is 6.61. The van der Waals surface area contributed by atoms with Crippen LogP contribution in [0.25, 0.3) is 0 Å². The van der Waals surface area contributed by atoms with Crippen molar-refractivity contribution in [2.75, 3.05) is 13.7 Å². The van der Waals surface area contributed by atoms with Crippen LogP contribution in [0.5, 0.6) is 5.75 Å². The third-order valence-electron chi connectivity index (χ3n) is 4.00. The molecule has 0 spiro atoms. The summed E-state index contributed by atoms with van der Waals surface area (Å²) in [5.74, 6) is 1.65. The molecule has 0 saturated heterocycles. The fourth-order valence-electron chi connectivity index (χ4n) is 2.53. The number of ether oxygens (including phenoxy) is 1. The highest BCUT2D eigenvalue weighted by atomic mass is 32.1. The second-order valence-corrected chi connectivity index (χ2v) is 6.71. The van der Waals surface area contributed by atoms with Crippen molar-refractivity contribution in [1.82, 2.24) is 4.90 Å². The molecule has 0 aromatic heterocycles. The molecule has 2 rings (SSSR count). The lowest BCUT2D eigenvalue weighted by atomic mass is 10.1. The summed E-state index contributed by atoms with van der Waals surface area (Å²) in [5, 5.41) is 0. The molecule has 0 amide bonds. The average Bonchev–Trinajstić information content (AvgIpc) is 3.27. The number of nitrogens with zero attached hydrogens (tertiary/aromatic N) is 1. The van der Waals surface area contributed by atoms with E-state index in [2.05, 4.69) is 24.8 Å². The highest BCUT2D eigenvalue weighted by Gasteiger charge is 2.29. The number of hydrogen-bond acceptors (Lipinski definition) is 3. The lowest BCUT2D eigenvalue weighted by molar-refractivity contribution is 0.236. The van der Waals surface area contributed by atoms with E-state index in [1.807, 2.05) is 12.1 Å². The first-order valence-corrected chi connectivity index (χ1v) is 8.13. The lowest BCUT2D eigenvalue weighted by Gasteiger charge is -2.24. The number of methoxy groups -OCH3 is 1. The van der Waals surface area contributed by atoms with Crippen LogP contribution in [-0.4, -0.2) is 29.6 Å². The smallest absolute Gasteiger partial charge is 0.123 e. The predicted molar refractivity (Wildman–Crippen MR) is 91.8 cm³/mol. The molecule has 21 heavy (non-hydrogen) atoms. The number of rotatable bonds is 8. The molecule has 116 valence electrons. The van der Waals surface area contributed by atoms with Crippen molar-refractivity contribution in [3.8, 4) is 5.75 Å². The third-order valence-corrected chi connectivity index (χ3v) is 4.23. The maximum atomic E-state index is 5.75. The van der Waals surface area contributed by atoms with Crippen LogP contribution in [0, 0.1) is 5.92 Å². The Morgan fingerprint density at radius 3 is 2.67 bits per heavy atom. The number of nitrogens with two attached hydrogens (primary N) is 1. The van der Waals surface area contributed by atoms with Gasteiger partial charge in [-0.2, -0.15) is 0 Å². The van der Waals surface area contributed by atoms with Crippen molar-refractivity contribution in [2.45, 2.75) is 45.7 Å². The van der Waals surface area contributed by atoms with Gasteiger partial charge in [-0.15, -0.1) is 0 Å². The van der Waals surface area contributed by atoms with Crippen LogP contribution in [-0.2, 0) is 6.54 Å². The fraction of sp³-hybridized carbons (Fsp3) is 0.588. The summed E-state index contributed by atoms with van der Waals surface area (Å²) in [7, 11) is 1.72. The van der Waals surface area contributed by atoms with E-state index in [4.69, 9.17) is 22.7 Å². The highest BCUT2D eigenvalue weighted by Crippen LogP contribution is 2.31. The maximum absolute atomic E-state index is 5.75. The number of benzene rings is 1. The van der Waals surface area contributed by atoms with Crippen molar-refractivity contribution in [2.24, 2.45) is 11.7 Å². The first-order valence-electron chi connectivity index (χ1n) is 7.72. The predicted octanol–water partition coefficient (Wildman–Crippen LogP) is 3.34. The summed E-state index contributed by atoms with van der Waals surface area (Å²) in [6, 6.07) is 6.71. The number of thiocarbonyl (C=S) groups is 1. The maximum Gasteiger partial charge on any atom is 0.123 e. The van der Waals surface area contributed by atoms with Crippen molar-refractivity contribution >= 4 is 17.2 Å². The van der Waals surface area contributed by atoms with E-state index in [-0.39, 0.29) is 0 Å². The second-order valence-electron chi connectivity index (χ2n) is 6.28. The van der Waals surface area contributed by atoms with Gasteiger partial charge in [0.1, 0.15) is 10.7 Å². The first-order chi connectivity index (χ1) is 10.0. The molecule has 0 aliphatic heterocycles. The van der Waals surface area contributed by atoms with Gasteiger partial charge in [0.15, 0.2) is 0 Å². The average molecular weight is 306 g/mol. The molecule has 2 N–H and O–H groups in total. The van der Waals surface area contributed by atoms with Gasteiger partial charge in [-0.05, 0) is 49.9 Å². The Labute approximate surface area is 133 Å². The van der Waals surface area contributed by atoms with Gasteiger partial charge in [0, 0.05) is 23.7 Å². The molecule has 0 unspecified atom stereocenters. The topological polar surface area (TPSA) is 38.5 Å². The van der Waals surface area contributed by atoms with Crippen LogP contribution in [0.3, 0.4) is 0 Å². The Hall–Kier alpha value is -1.13. The largest absolute Gasteiger partial charge is 0.496 e. The Morgan fingerprint density at radius 2 is 2.14 bits per heavy atom. The fourth-order valence-corrected chi connectivity index (χ4v) is 2.66. The van der Waals surface area contributed by atoms with Crippen LogP contribution in [0.1, 0.15) is 44.2 Å². The molecule has 1 aliphatic carbocycles. The van der Waals surface area contributed by atoms with Crippen LogP contribution < -0.4 is 10.5 Å². The summed E-state index contributed by atoms with van der Waals surface area (Å²) >= 11 is 5.09. The van der Waals surface area contributed by atoms with E-state index in [1.165, 1.54) is 24.8 Å². The third kappa shape index (κ3) is 4.68. The van der Waals surface area contributed by atoms with Gasteiger partial charge in [-0.3, -0.25) is 4.90 Å². The van der Waals surface area contributed by atoms with E-state index in [0.717, 1.165) is 36.4 Å². The van der Waals surface area contributed by atoms with E-state index in [9.17, 15) is 0 Å². The molecule has 1 aromatic carbocycles. The highest BCUT2D eigenvalue weighted by molar-refractivity contribution is 7.80. The summed E-state index contributed by atoms with van der Waals surface area (Å²) < 4.78 is 5.50. The minimum Gasteiger partial charge on any atom is -0.496 e. The standard InChI is InChI=1S/C17H26N2OS/c1-12(2)8-9-19(15-5-6-15)11-14-10-13(17(18)21)4-7-16(14)20-3/h4,7,10,12,15H,5-6,8-9,11H2,1-3H3,(H2,18,21). The molecule has 4 heteroatoms. The Kier molecular flexibility index (Phi) is 5.59. The Morgan fingerprint density at radius 1 is 1.43 bits per heavy atom. The van der Waals surface area contributed by atoms with E-state index in [0.29, 0.717) is 4.99 Å². The SMILES string of the molecule is COc1ccc(C(N)=S)cc1CN(CCC(C)C)C1CC1. The van der Waals surface area contributed by atoms with E-state index in [1.54, 1.807) is 7.11 Å². The van der Waals surface area contributed by atoms with E-state index >= 15 is 0 Å². The molecular formula is C17H26N2OS. The van der Waals surface area contributed by atoms with Gasteiger partial charge in [0.05, 0.1) is 7.11 Å². The monoisotopic (exact) mass is 306 g/mol. The van der Waals surface area contributed by atoms with Crippen LogP contribution in [0.15, 0.2) is 18.2 Å². The van der Waals surface area contributed by atoms with Crippen molar-refractivity contribution in [3.05, 3.63) is 29.3 Å². The van der Waals surface area contributed by atoms with Gasteiger partial charge < -0.3 is 10.5 Å². The molecule has 0 heterocycles. The van der Waals surface area contributed by atoms with Gasteiger partial charge >= 0.3 is 0 Å². The molecule has 0 radical (unpaired) electrons. The van der Waals surface area contributed by atoms with Gasteiger partial charge in [-0.25, -0.2) is 0 Å². The zero-order chi connectivity index (χ0) is 15.4. The molecule has 0 atom stereocenters. The van der Waals surface area contributed by atoms with Crippen LogP contribution in [0.2, 0.25) is 0 Å². The van der Waals surface area contributed by atoms with Crippen LogP contribution >= 0.6 is 12.2 Å². The molecule has 0 bridgehead atoms. The van der Waals surface area contributed by atoms with Gasteiger partial charge in [0.25, 0.3) is 0 Å². The summed E-state index contributed by atoms with van der Waals surface area (Å²) in [4.78, 5) is 3.01. The zero-order valence-corrected chi connectivity index (χ0v) is 14.1. The molecule has 1 aliphatic rings. The quantitative estimate of drug-likeness (QED) is 0.748. The minimum absolute atomic E-state index is 0.444. The second kappa shape index (κ2) is 7.23. The molecular weight excluding hydrogens is 280 g/mol. The van der Waals surface area contributed by atoms with Crippen molar-refractivity contribution in [1.29, 1.82) is 0 Å². The Bertz CT molecular complexity index is 498. The van der Waals surface area contributed by atoms with Crippen molar-refractivity contribution < 1.29 is 4.74 Å². The van der Waals surface area contributed by atoms with Crippen molar-refractivity contribution in [3.63, 3.8) is 0 Å². The first kappa shape index (κ1) is 16.2. The van der Waals surface area contributed by atoms with Crippen LogP contribution in [0.4, 0.5) is 0 Å². The van der Waals surface area contributed by atoms with Gasteiger partial charge in [-0.1, -0.05) is 26.1 Å². The molecule has 3 nitrogen and oxygen atoms in total. The number of hydrogen-bond donors (Lipinski definition) is 1. The van der Waals surface area contributed by atoms with E-state index < -0.39 is 0 Å². The van der Waals surface area contributed by atoms with Gasteiger partial charge in [0.2, 0.25) is 0 Å².